The van der Waals surface area contributed by atoms with E-state index < -0.39 is 5.41 Å². The molecule has 0 bridgehead atoms. The lowest BCUT2D eigenvalue weighted by Gasteiger charge is -2.46. The van der Waals surface area contributed by atoms with Crippen LogP contribution >= 0.6 is 0 Å². The summed E-state index contributed by atoms with van der Waals surface area (Å²) in [5, 5.41) is 2.50. The summed E-state index contributed by atoms with van der Waals surface area (Å²) in [6, 6.07) is 87.6. The van der Waals surface area contributed by atoms with Crippen molar-refractivity contribution in [1.82, 2.24) is 0 Å². The molecule has 12 rings (SSSR count). The third-order valence-electron chi connectivity index (χ3n) is 14.0. The number of anilines is 3. The predicted molar refractivity (Wildman–Crippen MR) is 264 cm³/mol. The van der Waals surface area contributed by atoms with Crippen LogP contribution in [0.4, 0.5) is 17.1 Å². The largest absolute Gasteiger partial charge is 0.311 e. The Kier molecular flexibility index (Phi) is 8.49. The van der Waals surface area contributed by atoms with E-state index in [1.54, 1.807) is 0 Å². The first-order chi connectivity index (χ1) is 31.0. The highest BCUT2D eigenvalue weighted by atomic mass is 15.1. The van der Waals surface area contributed by atoms with Gasteiger partial charge in [-0.15, -0.1) is 0 Å². The van der Waals surface area contributed by atoms with Gasteiger partial charge in [0.15, 0.2) is 0 Å². The summed E-state index contributed by atoms with van der Waals surface area (Å²) in [6.45, 7) is 4.77. The van der Waals surface area contributed by atoms with Crippen LogP contribution in [-0.2, 0) is 10.8 Å². The Morgan fingerprint density at radius 1 is 0.286 bits per heavy atom. The van der Waals surface area contributed by atoms with E-state index in [1.165, 1.54) is 88.7 Å². The molecule has 1 heteroatoms. The van der Waals surface area contributed by atoms with Crippen LogP contribution in [0.3, 0.4) is 0 Å². The normalized spacial score (nSPS) is 13.8. The second-order valence-corrected chi connectivity index (χ2v) is 17.6. The van der Waals surface area contributed by atoms with Crippen molar-refractivity contribution >= 4 is 27.8 Å². The van der Waals surface area contributed by atoms with E-state index in [2.05, 4.69) is 255 Å². The molecule has 0 saturated heterocycles. The maximum atomic E-state index is 2.39. The molecule has 0 N–H and O–H groups in total. The lowest BCUT2D eigenvalue weighted by molar-refractivity contribution is 0.563. The Balaban J connectivity index is 0.980. The van der Waals surface area contributed by atoms with E-state index in [-0.39, 0.29) is 5.41 Å². The van der Waals surface area contributed by atoms with Gasteiger partial charge in [-0.05, 0) is 131 Å². The van der Waals surface area contributed by atoms with Gasteiger partial charge in [0.1, 0.15) is 0 Å². The van der Waals surface area contributed by atoms with Gasteiger partial charge in [0.25, 0.3) is 0 Å². The number of hydrogen-bond donors (Lipinski definition) is 0. The average molecular weight is 804 g/mol. The Morgan fingerprint density at radius 2 is 0.714 bits per heavy atom. The molecule has 0 aliphatic heterocycles. The molecule has 1 nitrogen and oxygen atoms in total. The zero-order valence-electron chi connectivity index (χ0n) is 35.5. The highest BCUT2D eigenvalue weighted by Gasteiger charge is 2.53. The molecule has 2 aliphatic rings. The van der Waals surface area contributed by atoms with E-state index in [0.717, 1.165) is 17.1 Å². The van der Waals surface area contributed by atoms with Crippen molar-refractivity contribution in [3.05, 3.63) is 270 Å². The van der Waals surface area contributed by atoms with Gasteiger partial charge in [-0.25, -0.2) is 0 Å². The first-order valence-corrected chi connectivity index (χ1v) is 22.1. The topological polar surface area (TPSA) is 3.24 Å². The fourth-order valence-corrected chi connectivity index (χ4v) is 11.0. The lowest BCUT2D eigenvalue weighted by Crippen LogP contribution is -2.40. The number of nitrogens with zero attached hydrogens (tertiary/aromatic N) is 1. The Hall–Kier alpha value is -7.74. The van der Waals surface area contributed by atoms with E-state index >= 15 is 0 Å². The number of hydrogen-bond acceptors (Lipinski definition) is 1. The molecule has 0 heterocycles. The first kappa shape index (κ1) is 37.1. The summed E-state index contributed by atoms with van der Waals surface area (Å²) in [4.78, 5) is 2.38. The Labute approximate surface area is 370 Å². The number of rotatable bonds is 6. The van der Waals surface area contributed by atoms with Gasteiger partial charge in [-0.1, -0.05) is 208 Å². The highest BCUT2D eigenvalue weighted by Crippen LogP contribution is 2.63. The van der Waals surface area contributed by atoms with Crippen LogP contribution in [0.15, 0.2) is 237 Å². The minimum atomic E-state index is -0.424. The second-order valence-electron chi connectivity index (χ2n) is 17.6. The van der Waals surface area contributed by atoms with Gasteiger partial charge in [0.2, 0.25) is 0 Å². The molecule has 0 unspecified atom stereocenters. The molecule has 10 aromatic rings. The molecule has 0 saturated carbocycles. The van der Waals surface area contributed by atoms with E-state index in [0.29, 0.717) is 0 Å². The predicted octanol–water partition coefficient (Wildman–Crippen LogP) is 16.3. The maximum Gasteiger partial charge on any atom is 0.0719 e. The first-order valence-electron chi connectivity index (χ1n) is 22.1. The minimum Gasteiger partial charge on any atom is -0.311 e. The van der Waals surface area contributed by atoms with Crippen LogP contribution < -0.4 is 4.90 Å². The summed E-state index contributed by atoms with van der Waals surface area (Å²) >= 11 is 0. The third-order valence-corrected chi connectivity index (χ3v) is 14.0. The van der Waals surface area contributed by atoms with Crippen LogP contribution in [0.1, 0.15) is 47.2 Å². The molecule has 63 heavy (non-hydrogen) atoms. The van der Waals surface area contributed by atoms with Crippen LogP contribution in [0.2, 0.25) is 0 Å². The van der Waals surface area contributed by atoms with Crippen molar-refractivity contribution in [2.45, 2.75) is 24.7 Å². The summed E-state index contributed by atoms with van der Waals surface area (Å²) in [7, 11) is 0. The standard InChI is InChI=1S/C62H45N/c1-61(2)55-22-10-12-24-57(55)62(58-25-13-11-23-56(58)61)54-21-9-8-19-53(54)60-52(20-14-26-59(60)62)46-33-39-51(40-34-46)63(49-35-29-44(30-36-49)42-15-4-3-5-16-42)50-37-31-45(32-38-50)48-28-27-43-17-6-7-18-47(43)41-48/h3-41H,1-2H3. The van der Waals surface area contributed by atoms with Gasteiger partial charge in [0.05, 0.1) is 5.41 Å². The zero-order valence-corrected chi connectivity index (χ0v) is 35.5. The van der Waals surface area contributed by atoms with Crippen LogP contribution in [0.25, 0.3) is 55.3 Å². The van der Waals surface area contributed by atoms with Crippen molar-refractivity contribution in [3.63, 3.8) is 0 Å². The zero-order chi connectivity index (χ0) is 42.1. The monoisotopic (exact) mass is 803 g/mol. The van der Waals surface area contributed by atoms with Crippen molar-refractivity contribution in [1.29, 1.82) is 0 Å². The summed E-state index contributed by atoms with van der Waals surface area (Å²) in [5.74, 6) is 0. The van der Waals surface area contributed by atoms with Crippen LogP contribution in [0, 0.1) is 0 Å². The molecule has 10 aromatic carbocycles. The molecule has 0 atom stereocenters. The molecule has 0 amide bonds. The summed E-state index contributed by atoms with van der Waals surface area (Å²) in [6.07, 6.45) is 0. The van der Waals surface area contributed by atoms with Crippen LogP contribution in [0.5, 0.6) is 0 Å². The smallest absolute Gasteiger partial charge is 0.0719 e. The van der Waals surface area contributed by atoms with E-state index in [1.807, 2.05) is 0 Å². The molecular weight excluding hydrogens is 759 g/mol. The fourth-order valence-electron chi connectivity index (χ4n) is 11.0. The molecule has 0 aromatic heterocycles. The molecular formula is C62H45N. The number of fused-ring (bicyclic) bond motifs is 10. The van der Waals surface area contributed by atoms with Crippen molar-refractivity contribution in [2.75, 3.05) is 4.90 Å². The molecule has 298 valence electrons. The third kappa shape index (κ3) is 5.70. The van der Waals surface area contributed by atoms with Gasteiger partial charge in [0, 0.05) is 22.5 Å². The SMILES string of the molecule is CC1(C)c2ccccc2C2(c3ccccc3-c3c(-c4ccc(N(c5ccc(-c6ccccc6)cc5)c5ccc(-c6ccc7ccccc7c6)cc5)cc4)cccc32)c2ccccc21. The van der Waals surface area contributed by atoms with Gasteiger partial charge in [-0.3, -0.25) is 0 Å². The molecule has 0 radical (unpaired) electrons. The Bertz CT molecular complexity index is 3290. The fraction of sp³-hybridized carbons (Fsp3) is 0.0645. The average Bonchev–Trinajstić information content (AvgIpc) is 3.65. The summed E-state index contributed by atoms with van der Waals surface area (Å²) < 4.78 is 0. The molecule has 2 aliphatic carbocycles. The molecule has 1 spiro atoms. The second kappa shape index (κ2) is 14.4. The van der Waals surface area contributed by atoms with E-state index in [4.69, 9.17) is 0 Å². The minimum absolute atomic E-state index is 0.131. The summed E-state index contributed by atoms with van der Waals surface area (Å²) in [5.41, 5.74) is 20.9. The van der Waals surface area contributed by atoms with E-state index in [9.17, 15) is 0 Å². The quantitative estimate of drug-likeness (QED) is 0.162. The number of benzene rings is 10. The van der Waals surface area contributed by atoms with Gasteiger partial charge < -0.3 is 4.90 Å². The van der Waals surface area contributed by atoms with Gasteiger partial charge >= 0.3 is 0 Å². The maximum absolute atomic E-state index is 2.39. The van der Waals surface area contributed by atoms with Crippen LogP contribution in [-0.4, -0.2) is 0 Å². The lowest BCUT2D eigenvalue weighted by atomic mass is 9.55. The Morgan fingerprint density at radius 3 is 1.33 bits per heavy atom. The van der Waals surface area contributed by atoms with Crippen molar-refractivity contribution in [2.24, 2.45) is 0 Å². The molecule has 0 fully saturated rings. The van der Waals surface area contributed by atoms with Gasteiger partial charge in [-0.2, -0.15) is 0 Å². The van der Waals surface area contributed by atoms with Crippen molar-refractivity contribution < 1.29 is 0 Å². The highest BCUT2D eigenvalue weighted by molar-refractivity contribution is 5.97. The van der Waals surface area contributed by atoms with Crippen molar-refractivity contribution in [3.8, 4) is 44.5 Å².